The number of aromatic nitrogens is 6. The molecule has 6 nitrogen and oxygen atoms in total. The summed E-state index contributed by atoms with van der Waals surface area (Å²) in [6.45, 7) is 0. The Hall–Kier alpha value is -9.32. The van der Waals surface area contributed by atoms with E-state index in [4.69, 9.17) is 15.0 Å². The van der Waals surface area contributed by atoms with Crippen molar-refractivity contribution in [1.29, 1.82) is 0 Å². The molecule has 0 N–H and O–H groups in total. The van der Waals surface area contributed by atoms with Gasteiger partial charge in [-0.05, 0) is 109 Å². The summed E-state index contributed by atoms with van der Waals surface area (Å²) in [7, 11) is 0. The van der Waals surface area contributed by atoms with Gasteiger partial charge in [0.2, 0.25) is 0 Å². The van der Waals surface area contributed by atoms with E-state index in [9.17, 15) is 52.7 Å². The number of nitrogens with zero attached hydrogens (tertiary/aromatic N) is 6. The van der Waals surface area contributed by atoms with Crippen molar-refractivity contribution in [3.63, 3.8) is 0 Å². The van der Waals surface area contributed by atoms with E-state index in [1.807, 2.05) is 12.1 Å². The zero-order valence-corrected chi connectivity index (χ0v) is 39.7. The third-order valence-electron chi connectivity index (χ3n) is 13.5. The second kappa shape index (κ2) is 18.2. The summed E-state index contributed by atoms with van der Waals surface area (Å²) in [5, 5.41) is -0.714. The van der Waals surface area contributed by atoms with Crippen molar-refractivity contribution in [2.45, 2.75) is 24.7 Å². The Kier molecular flexibility index (Phi) is 11.5. The molecule has 12 rings (SSSR count). The number of benzene rings is 8. The smallest absolute Gasteiger partial charge is 0.309 e. The molecule has 0 radical (unpaired) electrons. The van der Waals surface area contributed by atoms with Crippen molar-refractivity contribution < 1.29 is 52.7 Å². The Bertz CT molecular complexity index is 4110. The molecular formula is C60H32F12N6. The van der Waals surface area contributed by atoms with Gasteiger partial charge in [0.25, 0.3) is 0 Å². The molecule has 0 atom stereocenters. The molecule has 0 fully saturated rings. The van der Waals surface area contributed by atoms with Gasteiger partial charge < -0.3 is 9.13 Å². The van der Waals surface area contributed by atoms with Gasteiger partial charge in [0, 0.05) is 61.1 Å². The Morgan fingerprint density at radius 3 is 1.10 bits per heavy atom. The fourth-order valence-corrected chi connectivity index (χ4v) is 10.0. The van der Waals surface area contributed by atoms with Gasteiger partial charge in [0.05, 0.1) is 61.4 Å². The van der Waals surface area contributed by atoms with Crippen LogP contribution in [0.4, 0.5) is 52.7 Å². The predicted octanol–water partition coefficient (Wildman–Crippen LogP) is 17.9. The van der Waals surface area contributed by atoms with Crippen LogP contribution in [0.3, 0.4) is 0 Å². The van der Waals surface area contributed by atoms with E-state index in [1.54, 1.807) is 103 Å². The molecule has 4 aromatic heterocycles. The third kappa shape index (κ3) is 8.71. The molecule has 0 amide bonds. The molecule has 8 aromatic carbocycles. The first kappa shape index (κ1) is 49.6. The van der Waals surface area contributed by atoms with E-state index in [0.717, 1.165) is 72.8 Å². The lowest BCUT2D eigenvalue weighted by Crippen LogP contribution is -2.06. The van der Waals surface area contributed by atoms with E-state index < -0.39 is 47.0 Å². The molecule has 0 bridgehead atoms. The second-order valence-electron chi connectivity index (χ2n) is 18.3. The third-order valence-corrected chi connectivity index (χ3v) is 13.5. The molecule has 0 aliphatic heterocycles. The van der Waals surface area contributed by atoms with Crippen molar-refractivity contribution in [1.82, 2.24) is 29.1 Å². The monoisotopic (exact) mass is 1060 g/mol. The SMILES string of the molecule is FC(F)(F)c1ccc2c(c1)c1cc(C(F)(F)F)ccc1n2-c1ccc(-c2nc(-c3ccccc3)nc(-c3ccccc3)n2)cc1-c1c(-c2ccccn2)cccc1-n1c2ccc(C(F)(F)F)cc2c2cc(C(F)(F)F)ccc21. The van der Waals surface area contributed by atoms with Crippen LogP contribution >= 0.6 is 0 Å². The molecule has 4 heterocycles. The summed E-state index contributed by atoms with van der Waals surface area (Å²) < 4.78 is 177. The fourth-order valence-electron chi connectivity index (χ4n) is 10.0. The zero-order valence-electron chi connectivity index (χ0n) is 39.7. The van der Waals surface area contributed by atoms with Crippen molar-refractivity contribution in [3.05, 3.63) is 217 Å². The van der Waals surface area contributed by atoms with Crippen LogP contribution in [0.25, 0.3) is 112 Å². The quantitative estimate of drug-likeness (QED) is 0.149. The number of halogens is 12. The maximum absolute atomic E-state index is 14.5. The maximum Gasteiger partial charge on any atom is 0.416 e. The van der Waals surface area contributed by atoms with Gasteiger partial charge in [-0.1, -0.05) is 78.9 Å². The van der Waals surface area contributed by atoms with E-state index >= 15 is 0 Å². The van der Waals surface area contributed by atoms with Crippen molar-refractivity contribution >= 4 is 43.6 Å². The summed E-state index contributed by atoms with van der Waals surface area (Å²) in [5.74, 6) is 0.657. The lowest BCUT2D eigenvalue weighted by molar-refractivity contribution is -0.138. The molecule has 12 aromatic rings. The molecule has 0 aliphatic rings. The first-order valence-electron chi connectivity index (χ1n) is 23.7. The van der Waals surface area contributed by atoms with Gasteiger partial charge in [0.1, 0.15) is 0 Å². The van der Waals surface area contributed by atoms with Gasteiger partial charge in [-0.15, -0.1) is 0 Å². The lowest BCUT2D eigenvalue weighted by Gasteiger charge is -2.22. The van der Waals surface area contributed by atoms with Gasteiger partial charge >= 0.3 is 24.7 Å². The van der Waals surface area contributed by atoms with E-state index in [-0.39, 0.29) is 83.6 Å². The van der Waals surface area contributed by atoms with E-state index in [2.05, 4.69) is 4.98 Å². The maximum atomic E-state index is 14.5. The van der Waals surface area contributed by atoms with Crippen LogP contribution in [-0.4, -0.2) is 29.1 Å². The number of pyridine rings is 1. The second-order valence-corrected chi connectivity index (χ2v) is 18.3. The molecule has 386 valence electrons. The minimum Gasteiger partial charge on any atom is -0.309 e. The van der Waals surface area contributed by atoms with Crippen LogP contribution in [0.15, 0.2) is 194 Å². The standard InChI is InChI=1S/C60H32F12N6/c61-57(62,63)36-18-23-47-41(29-36)42-30-37(58(64,65)66)19-24-48(42)77(47)51-22-17-35(56-75-54(33-10-3-1-4-11-33)74-55(76-56)34-12-5-2-6-13-34)28-45(51)53-40(46-15-7-8-27-73-46)14-9-16-52(53)78-49-25-20-38(59(67,68)69)31-43(49)44-32-39(60(70,71)72)21-26-50(44)78/h1-32H. The van der Waals surface area contributed by atoms with Crippen molar-refractivity contribution in [2.75, 3.05) is 0 Å². The first-order chi connectivity index (χ1) is 37.2. The lowest BCUT2D eigenvalue weighted by atomic mass is 9.92. The minimum atomic E-state index is -4.90. The van der Waals surface area contributed by atoms with Crippen LogP contribution < -0.4 is 0 Å². The van der Waals surface area contributed by atoms with Gasteiger partial charge in [-0.25, -0.2) is 15.0 Å². The molecule has 18 heteroatoms. The highest BCUT2D eigenvalue weighted by Gasteiger charge is 2.36. The summed E-state index contributed by atoms with van der Waals surface area (Å²) in [6, 6.07) is 43.9. The Morgan fingerprint density at radius 2 is 0.705 bits per heavy atom. The molecule has 0 saturated carbocycles. The molecular weight excluding hydrogens is 1030 g/mol. The zero-order chi connectivity index (χ0) is 54.5. The fraction of sp³-hybridized carbons (Fsp3) is 0.0667. The topological polar surface area (TPSA) is 61.4 Å². The van der Waals surface area contributed by atoms with Crippen LogP contribution in [0.5, 0.6) is 0 Å². The normalized spacial score (nSPS) is 12.6. The number of alkyl halides is 12. The Morgan fingerprint density at radius 1 is 0.308 bits per heavy atom. The van der Waals surface area contributed by atoms with Gasteiger partial charge in [-0.2, -0.15) is 52.7 Å². The summed E-state index contributed by atoms with van der Waals surface area (Å²) in [4.78, 5) is 19.4. The van der Waals surface area contributed by atoms with Crippen LogP contribution in [-0.2, 0) is 24.7 Å². The highest BCUT2D eigenvalue weighted by atomic mass is 19.4. The van der Waals surface area contributed by atoms with Crippen molar-refractivity contribution in [3.8, 4) is 67.9 Å². The van der Waals surface area contributed by atoms with Crippen LogP contribution in [0.2, 0.25) is 0 Å². The number of hydrogen-bond acceptors (Lipinski definition) is 4. The van der Waals surface area contributed by atoms with Crippen LogP contribution in [0, 0.1) is 0 Å². The predicted molar refractivity (Wildman–Crippen MR) is 273 cm³/mol. The number of rotatable bonds is 7. The molecule has 0 aliphatic carbocycles. The van der Waals surface area contributed by atoms with Crippen LogP contribution in [0.1, 0.15) is 22.3 Å². The van der Waals surface area contributed by atoms with Crippen molar-refractivity contribution in [2.24, 2.45) is 0 Å². The highest BCUT2D eigenvalue weighted by molar-refractivity contribution is 6.13. The largest absolute Gasteiger partial charge is 0.416 e. The van der Waals surface area contributed by atoms with E-state index in [1.165, 1.54) is 15.3 Å². The van der Waals surface area contributed by atoms with Gasteiger partial charge in [0.15, 0.2) is 17.5 Å². The molecule has 0 saturated heterocycles. The summed E-state index contributed by atoms with van der Waals surface area (Å²) >= 11 is 0. The molecule has 78 heavy (non-hydrogen) atoms. The summed E-state index contributed by atoms with van der Waals surface area (Å²) in [6.07, 6.45) is -18.1. The highest BCUT2D eigenvalue weighted by Crippen LogP contribution is 2.48. The number of hydrogen-bond donors (Lipinski definition) is 0. The molecule has 0 unspecified atom stereocenters. The Balaban J connectivity index is 1.24. The minimum absolute atomic E-state index is 0.0531. The van der Waals surface area contributed by atoms with Gasteiger partial charge in [-0.3, -0.25) is 4.98 Å². The Labute approximate surface area is 433 Å². The number of fused-ring (bicyclic) bond motifs is 6. The summed E-state index contributed by atoms with van der Waals surface area (Å²) in [5.41, 5.74) is -1.25. The van der Waals surface area contributed by atoms with E-state index in [0.29, 0.717) is 27.9 Å². The first-order valence-corrected chi connectivity index (χ1v) is 23.7. The average Bonchev–Trinajstić information content (AvgIpc) is 4.17. The average molecular weight is 1060 g/mol. The molecule has 0 spiro atoms.